The van der Waals surface area contributed by atoms with Crippen molar-refractivity contribution in [3.05, 3.63) is 24.2 Å². The van der Waals surface area contributed by atoms with Gasteiger partial charge in [0.1, 0.15) is 5.60 Å². The Labute approximate surface area is 130 Å². The Bertz CT molecular complexity index is 505. The maximum Gasteiger partial charge on any atom is 0.407 e. The molecule has 122 valence electrons. The molecule has 1 aliphatic carbocycles. The number of alkyl carbamates (subject to hydrolysis) is 1. The monoisotopic (exact) mass is 308 g/mol. The standard InChI is InChI=1S/C16H24N2O4/c1-16(2,3)22-15(20)17-10-11-6-4-7-12(11)18-14(19)13-8-5-9-21-13/h5,8-9,11-12H,4,6-7,10H2,1-3H3,(H,17,20)(H,18,19). The maximum absolute atomic E-state index is 12.0. The minimum absolute atomic E-state index is 0.0486. The number of carbonyl (C=O) groups is 2. The van der Waals surface area contributed by atoms with E-state index in [0.717, 1.165) is 19.3 Å². The van der Waals surface area contributed by atoms with Gasteiger partial charge in [0, 0.05) is 12.6 Å². The Hall–Kier alpha value is -1.98. The molecule has 6 heteroatoms. The van der Waals surface area contributed by atoms with Crippen LogP contribution in [0.1, 0.15) is 50.6 Å². The van der Waals surface area contributed by atoms with Crippen LogP contribution in [0.3, 0.4) is 0 Å². The van der Waals surface area contributed by atoms with Crippen molar-refractivity contribution in [2.24, 2.45) is 5.92 Å². The summed E-state index contributed by atoms with van der Waals surface area (Å²) in [6, 6.07) is 3.37. The summed E-state index contributed by atoms with van der Waals surface area (Å²) < 4.78 is 10.3. The van der Waals surface area contributed by atoms with E-state index in [1.807, 2.05) is 20.8 Å². The smallest absolute Gasteiger partial charge is 0.407 e. The average molecular weight is 308 g/mol. The topological polar surface area (TPSA) is 80.6 Å². The summed E-state index contributed by atoms with van der Waals surface area (Å²) in [7, 11) is 0. The minimum Gasteiger partial charge on any atom is -0.459 e. The molecule has 2 atom stereocenters. The first-order chi connectivity index (χ1) is 10.3. The minimum atomic E-state index is -0.507. The predicted octanol–water partition coefficient (Wildman–Crippen LogP) is 2.70. The van der Waals surface area contributed by atoms with Gasteiger partial charge in [-0.2, -0.15) is 0 Å². The van der Waals surface area contributed by atoms with Crippen molar-refractivity contribution in [2.75, 3.05) is 6.54 Å². The first-order valence-electron chi connectivity index (χ1n) is 7.66. The molecule has 22 heavy (non-hydrogen) atoms. The van der Waals surface area contributed by atoms with Gasteiger partial charge in [-0.15, -0.1) is 0 Å². The van der Waals surface area contributed by atoms with Crippen LogP contribution in [0.15, 0.2) is 22.8 Å². The average Bonchev–Trinajstić information content (AvgIpc) is 3.05. The Morgan fingerprint density at radius 1 is 1.36 bits per heavy atom. The zero-order valence-electron chi connectivity index (χ0n) is 13.3. The molecule has 1 aromatic heterocycles. The molecule has 1 fully saturated rings. The van der Waals surface area contributed by atoms with Gasteiger partial charge in [-0.1, -0.05) is 6.42 Å². The van der Waals surface area contributed by atoms with Crippen LogP contribution < -0.4 is 10.6 Å². The second-order valence-corrected chi connectivity index (χ2v) is 6.63. The molecular weight excluding hydrogens is 284 g/mol. The Kier molecular flexibility index (Phi) is 5.11. The Balaban J connectivity index is 1.81. The van der Waals surface area contributed by atoms with Crippen LogP contribution in [0.4, 0.5) is 4.79 Å². The number of furan rings is 1. The molecule has 1 heterocycles. The van der Waals surface area contributed by atoms with Crippen molar-refractivity contribution in [1.82, 2.24) is 10.6 Å². The number of carbonyl (C=O) groups excluding carboxylic acids is 2. The molecule has 0 saturated heterocycles. The molecule has 2 amide bonds. The molecule has 0 radical (unpaired) electrons. The number of nitrogens with one attached hydrogen (secondary N) is 2. The number of rotatable bonds is 4. The number of hydrogen-bond donors (Lipinski definition) is 2. The Morgan fingerprint density at radius 2 is 2.14 bits per heavy atom. The van der Waals surface area contributed by atoms with Crippen molar-refractivity contribution in [3.8, 4) is 0 Å². The molecule has 1 aliphatic rings. The molecular formula is C16H24N2O4. The van der Waals surface area contributed by atoms with Crippen molar-refractivity contribution < 1.29 is 18.7 Å². The summed E-state index contributed by atoms with van der Waals surface area (Å²) in [5.41, 5.74) is -0.507. The van der Waals surface area contributed by atoms with E-state index in [0.29, 0.717) is 12.3 Å². The van der Waals surface area contributed by atoms with Crippen molar-refractivity contribution in [1.29, 1.82) is 0 Å². The third-order valence-corrected chi connectivity index (χ3v) is 3.63. The second-order valence-electron chi connectivity index (χ2n) is 6.63. The van der Waals surface area contributed by atoms with Crippen molar-refractivity contribution in [2.45, 2.75) is 51.7 Å². The number of amides is 2. The fraction of sp³-hybridized carbons (Fsp3) is 0.625. The van der Waals surface area contributed by atoms with Crippen LogP contribution in [0.5, 0.6) is 0 Å². The molecule has 1 aromatic rings. The maximum atomic E-state index is 12.0. The van der Waals surface area contributed by atoms with Gasteiger partial charge < -0.3 is 19.8 Å². The fourth-order valence-electron chi connectivity index (χ4n) is 2.65. The van der Waals surface area contributed by atoms with Gasteiger partial charge in [0.2, 0.25) is 0 Å². The van der Waals surface area contributed by atoms with E-state index >= 15 is 0 Å². The largest absolute Gasteiger partial charge is 0.459 e. The molecule has 1 saturated carbocycles. The highest BCUT2D eigenvalue weighted by molar-refractivity contribution is 5.91. The molecule has 2 rings (SSSR count). The highest BCUT2D eigenvalue weighted by Crippen LogP contribution is 2.25. The van der Waals surface area contributed by atoms with Crippen LogP contribution >= 0.6 is 0 Å². The van der Waals surface area contributed by atoms with Gasteiger partial charge in [0.25, 0.3) is 5.91 Å². The highest BCUT2D eigenvalue weighted by Gasteiger charge is 2.30. The van der Waals surface area contributed by atoms with Gasteiger partial charge in [0.15, 0.2) is 5.76 Å². The zero-order chi connectivity index (χ0) is 16.2. The van der Waals surface area contributed by atoms with Crippen LogP contribution in [-0.4, -0.2) is 30.2 Å². The third kappa shape index (κ3) is 4.79. The van der Waals surface area contributed by atoms with E-state index < -0.39 is 11.7 Å². The molecule has 0 bridgehead atoms. The van der Waals surface area contributed by atoms with Crippen LogP contribution in [-0.2, 0) is 4.74 Å². The lowest BCUT2D eigenvalue weighted by Gasteiger charge is -2.23. The van der Waals surface area contributed by atoms with Crippen LogP contribution in [0, 0.1) is 5.92 Å². The Morgan fingerprint density at radius 3 is 2.77 bits per heavy atom. The second kappa shape index (κ2) is 6.85. The summed E-state index contributed by atoms with van der Waals surface area (Å²) in [4.78, 5) is 23.7. The van der Waals surface area contributed by atoms with Gasteiger partial charge in [-0.05, 0) is 51.7 Å². The van der Waals surface area contributed by atoms with E-state index in [1.54, 1.807) is 12.1 Å². The zero-order valence-corrected chi connectivity index (χ0v) is 13.3. The number of hydrogen-bond acceptors (Lipinski definition) is 4. The summed E-state index contributed by atoms with van der Waals surface area (Å²) in [5.74, 6) is 0.316. The fourth-order valence-corrected chi connectivity index (χ4v) is 2.65. The number of ether oxygens (including phenoxy) is 1. The van der Waals surface area contributed by atoms with E-state index in [9.17, 15) is 9.59 Å². The molecule has 6 nitrogen and oxygen atoms in total. The molecule has 0 aliphatic heterocycles. The summed E-state index contributed by atoms with van der Waals surface area (Å²) in [6.45, 7) is 5.98. The van der Waals surface area contributed by atoms with Gasteiger partial charge in [0.05, 0.1) is 6.26 Å². The first kappa shape index (κ1) is 16.4. The lowest BCUT2D eigenvalue weighted by molar-refractivity contribution is 0.0517. The van der Waals surface area contributed by atoms with Gasteiger partial charge in [-0.3, -0.25) is 4.79 Å². The van der Waals surface area contributed by atoms with Crippen molar-refractivity contribution >= 4 is 12.0 Å². The van der Waals surface area contributed by atoms with Crippen LogP contribution in [0.2, 0.25) is 0 Å². The van der Waals surface area contributed by atoms with E-state index in [1.165, 1.54) is 6.26 Å². The lowest BCUT2D eigenvalue weighted by atomic mass is 10.0. The molecule has 0 spiro atoms. The van der Waals surface area contributed by atoms with E-state index in [-0.39, 0.29) is 17.9 Å². The molecule has 2 unspecified atom stereocenters. The van der Waals surface area contributed by atoms with Crippen LogP contribution in [0.25, 0.3) is 0 Å². The van der Waals surface area contributed by atoms with E-state index in [2.05, 4.69) is 10.6 Å². The van der Waals surface area contributed by atoms with Gasteiger partial charge >= 0.3 is 6.09 Å². The summed E-state index contributed by atoms with van der Waals surface area (Å²) in [5, 5.41) is 5.76. The normalized spacial score (nSPS) is 21.4. The SMILES string of the molecule is CC(C)(C)OC(=O)NCC1CCCC1NC(=O)c1ccco1. The summed E-state index contributed by atoms with van der Waals surface area (Å²) >= 11 is 0. The third-order valence-electron chi connectivity index (χ3n) is 3.63. The first-order valence-corrected chi connectivity index (χ1v) is 7.66. The van der Waals surface area contributed by atoms with Gasteiger partial charge in [-0.25, -0.2) is 4.79 Å². The molecule has 0 aromatic carbocycles. The summed E-state index contributed by atoms with van der Waals surface area (Å²) in [6.07, 6.45) is 3.97. The van der Waals surface area contributed by atoms with E-state index in [4.69, 9.17) is 9.15 Å². The lowest BCUT2D eigenvalue weighted by Crippen LogP contribution is -2.43. The highest BCUT2D eigenvalue weighted by atomic mass is 16.6. The molecule has 2 N–H and O–H groups in total. The predicted molar refractivity (Wildman–Crippen MR) is 81.5 cm³/mol. The van der Waals surface area contributed by atoms with Crippen molar-refractivity contribution in [3.63, 3.8) is 0 Å². The quantitative estimate of drug-likeness (QED) is 0.896.